The quantitative estimate of drug-likeness (QED) is 0.841. The molecule has 0 bridgehead atoms. The molecule has 0 aliphatic heterocycles. The Hall–Kier alpha value is -1.35. The first-order chi connectivity index (χ1) is 8.77. The number of carboxylic acid groups (broad SMARTS) is 1. The zero-order chi connectivity index (χ0) is 12.8. The monoisotopic (exact) mass is 248 g/mol. The van der Waals surface area contributed by atoms with Crippen LogP contribution in [0.3, 0.4) is 0 Å². The Balaban J connectivity index is 1.85. The van der Waals surface area contributed by atoms with Gasteiger partial charge < -0.3 is 9.84 Å². The van der Waals surface area contributed by atoms with Crippen LogP contribution < -0.4 is 0 Å². The van der Waals surface area contributed by atoms with Crippen LogP contribution in [0.5, 0.6) is 0 Å². The molecule has 1 saturated carbocycles. The highest BCUT2D eigenvalue weighted by molar-refractivity contribution is 5.76. The highest BCUT2D eigenvalue weighted by Crippen LogP contribution is 2.25. The molecule has 3 nitrogen and oxygen atoms in total. The van der Waals surface area contributed by atoms with Crippen molar-refractivity contribution in [3.05, 3.63) is 35.9 Å². The van der Waals surface area contributed by atoms with E-state index >= 15 is 0 Å². The summed E-state index contributed by atoms with van der Waals surface area (Å²) in [6.07, 6.45) is 5.02. The van der Waals surface area contributed by atoms with Gasteiger partial charge in [0.1, 0.15) is 5.92 Å². The molecule has 0 radical (unpaired) electrons. The van der Waals surface area contributed by atoms with Crippen LogP contribution in [0.4, 0.5) is 0 Å². The number of carbonyl (C=O) groups is 1. The molecule has 0 heterocycles. The maximum absolute atomic E-state index is 11.2. The lowest BCUT2D eigenvalue weighted by atomic mass is 10.0. The first kappa shape index (κ1) is 13.1. The lowest BCUT2D eigenvalue weighted by Crippen LogP contribution is -2.19. The molecular formula is C15H20O3. The molecule has 98 valence electrons. The molecule has 1 aliphatic rings. The van der Waals surface area contributed by atoms with Gasteiger partial charge in [-0.25, -0.2) is 0 Å². The van der Waals surface area contributed by atoms with E-state index in [9.17, 15) is 9.90 Å². The van der Waals surface area contributed by atoms with Crippen LogP contribution in [-0.2, 0) is 9.53 Å². The van der Waals surface area contributed by atoms with Gasteiger partial charge in [0.15, 0.2) is 0 Å². The van der Waals surface area contributed by atoms with Crippen LogP contribution in [0.15, 0.2) is 30.3 Å². The van der Waals surface area contributed by atoms with Crippen LogP contribution in [0.2, 0.25) is 0 Å². The summed E-state index contributed by atoms with van der Waals surface area (Å²) in [6, 6.07) is 9.31. The number of rotatable bonds is 6. The van der Waals surface area contributed by atoms with E-state index in [0.717, 1.165) is 5.56 Å². The fourth-order valence-corrected chi connectivity index (χ4v) is 2.53. The Morgan fingerprint density at radius 2 is 1.94 bits per heavy atom. The molecule has 1 unspecified atom stereocenters. The van der Waals surface area contributed by atoms with E-state index in [0.29, 0.717) is 12.5 Å². The van der Waals surface area contributed by atoms with Crippen LogP contribution >= 0.6 is 0 Å². The minimum Gasteiger partial charge on any atom is -0.481 e. The Labute approximate surface area is 108 Å². The Morgan fingerprint density at radius 1 is 1.28 bits per heavy atom. The molecule has 0 amide bonds. The van der Waals surface area contributed by atoms with Gasteiger partial charge in [-0.3, -0.25) is 4.79 Å². The Kier molecular flexibility index (Phi) is 4.76. The SMILES string of the molecule is O=C(O)C(COCC1CCCC1)c1ccccc1. The largest absolute Gasteiger partial charge is 0.481 e. The van der Waals surface area contributed by atoms with Crippen molar-refractivity contribution in [2.24, 2.45) is 5.92 Å². The molecule has 1 aliphatic carbocycles. The summed E-state index contributed by atoms with van der Waals surface area (Å²) in [5, 5.41) is 9.24. The summed E-state index contributed by atoms with van der Waals surface area (Å²) >= 11 is 0. The zero-order valence-corrected chi connectivity index (χ0v) is 10.5. The standard InChI is InChI=1S/C15H20O3/c16-15(17)14(13-8-2-1-3-9-13)11-18-10-12-6-4-5-7-12/h1-3,8-9,12,14H,4-7,10-11H2,(H,16,17). The second-order valence-electron chi connectivity index (χ2n) is 4.99. The first-order valence-corrected chi connectivity index (χ1v) is 6.63. The van der Waals surface area contributed by atoms with E-state index in [-0.39, 0.29) is 6.61 Å². The van der Waals surface area contributed by atoms with Crippen LogP contribution in [0, 0.1) is 5.92 Å². The molecule has 0 saturated heterocycles. The predicted octanol–water partition coefficient (Wildman–Crippen LogP) is 3.06. The molecule has 0 aromatic heterocycles. The smallest absolute Gasteiger partial charge is 0.313 e. The van der Waals surface area contributed by atoms with E-state index < -0.39 is 11.9 Å². The van der Waals surface area contributed by atoms with Gasteiger partial charge in [0.05, 0.1) is 6.61 Å². The van der Waals surface area contributed by atoms with Crippen molar-refractivity contribution in [3.8, 4) is 0 Å². The van der Waals surface area contributed by atoms with Crippen molar-refractivity contribution < 1.29 is 14.6 Å². The van der Waals surface area contributed by atoms with Gasteiger partial charge in [-0.2, -0.15) is 0 Å². The average Bonchev–Trinajstić information content (AvgIpc) is 2.88. The number of aliphatic carboxylic acids is 1. The predicted molar refractivity (Wildman–Crippen MR) is 69.6 cm³/mol. The van der Waals surface area contributed by atoms with Crippen molar-refractivity contribution in [3.63, 3.8) is 0 Å². The third kappa shape index (κ3) is 3.57. The summed E-state index contributed by atoms with van der Waals surface area (Å²) in [4.78, 5) is 11.2. The fraction of sp³-hybridized carbons (Fsp3) is 0.533. The summed E-state index contributed by atoms with van der Waals surface area (Å²) in [5.41, 5.74) is 0.816. The highest BCUT2D eigenvalue weighted by atomic mass is 16.5. The van der Waals surface area contributed by atoms with Crippen molar-refractivity contribution in [1.29, 1.82) is 0 Å². The Bertz CT molecular complexity index is 369. The van der Waals surface area contributed by atoms with E-state index in [1.165, 1.54) is 25.7 Å². The highest BCUT2D eigenvalue weighted by Gasteiger charge is 2.21. The molecule has 1 aromatic rings. The summed E-state index contributed by atoms with van der Waals surface area (Å²) in [7, 11) is 0. The summed E-state index contributed by atoms with van der Waals surface area (Å²) in [5.74, 6) is -0.726. The van der Waals surface area contributed by atoms with Crippen molar-refractivity contribution in [2.75, 3.05) is 13.2 Å². The number of ether oxygens (including phenoxy) is 1. The lowest BCUT2D eigenvalue weighted by molar-refractivity contribution is -0.140. The van der Waals surface area contributed by atoms with Crippen molar-refractivity contribution >= 4 is 5.97 Å². The number of carboxylic acids is 1. The first-order valence-electron chi connectivity index (χ1n) is 6.63. The second kappa shape index (κ2) is 6.55. The second-order valence-corrected chi connectivity index (χ2v) is 4.99. The summed E-state index contributed by atoms with van der Waals surface area (Å²) < 4.78 is 5.61. The topological polar surface area (TPSA) is 46.5 Å². The van der Waals surface area contributed by atoms with Gasteiger partial charge in [0.25, 0.3) is 0 Å². The minimum atomic E-state index is -0.812. The zero-order valence-electron chi connectivity index (χ0n) is 10.5. The van der Waals surface area contributed by atoms with E-state index in [2.05, 4.69) is 0 Å². The molecular weight excluding hydrogens is 228 g/mol. The molecule has 1 N–H and O–H groups in total. The molecule has 18 heavy (non-hydrogen) atoms. The van der Waals surface area contributed by atoms with E-state index in [1.54, 1.807) is 0 Å². The van der Waals surface area contributed by atoms with Gasteiger partial charge in [-0.05, 0) is 24.3 Å². The number of hydrogen-bond donors (Lipinski definition) is 1. The third-order valence-electron chi connectivity index (χ3n) is 3.61. The van der Waals surface area contributed by atoms with Crippen molar-refractivity contribution in [2.45, 2.75) is 31.6 Å². The lowest BCUT2D eigenvalue weighted by Gasteiger charge is -2.15. The third-order valence-corrected chi connectivity index (χ3v) is 3.61. The Morgan fingerprint density at radius 3 is 2.56 bits per heavy atom. The number of benzene rings is 1. The molecule has 2 rings (SSSR count). The average molecular weight is 248 g/mol. The molecule has 0 spiro atoms. The molecule has 1 atom stereocenters. The van der Waals surface area contributed by atoms with Gasteiger partial charge in [-0.1, -0.05) is 43.2 Å². The fourth-order valence-electron chi connectivity index (χ4n) is 2.53. The molecule has 3 heteroatoms. The van der Waals surface area contributed by atoms with Gasteiger partial charge in [-0.15, -0.1) is 0 Å². The van der Waals surface area contributed by atoms with E-state index in [1.807, 2.05) is 30.3 Å². The summed E-state index contributed by atoms with van der Waals surface area (Å²) in [6.45, 7) is 0.979. The normalized spacial score (nSPS) is 17.8. The minimum absolute atomic E-state index is 0.274. The molecule has 1 aromatic carbocycles. The molecule has 1 fully saturated rings. The van der Waals surface area contributed by atoms with Crippen LogP contribution in [-0.4, -0.2) is 24.3 Å². The number of hydrogen-bond acceptors (Lipinski definition) is 2. The van der Waals surface area contributed by atoms with E-state index in [4.69, 9.17) is 4.74 Å². The van der Waals surface area contributed by atoms with Crippen LogP contribution in [0.25, 0.3) is 0 Å². The van der Waals surface area contributed by atoms with Gasteiger partial charge >= 0.3 is 5.97 Å². The van der Waals surface area contributed by atoms with Crippen molar-refractivity contribution in [1.82, 2.24) is 0 Å². The maximum Gasteiger partial charge on any atom is 0.313 e. The van der Waals surface area contributed by atoms with Crippen LogP contribution in [0.1, 0.15) is 37.2 Å². The van der Waals surface area contributed by atoms with Gasteiger partial charge in [0, 0.05) is 6.61 Å². The van der Waals surface area contributed by atoms with Gasteiger partial charge in [0.2, 0.25) is 0 Å². The maximum atomic E-state index is 11.2.